The number of aromatic carboxylic acids is 1. The van der Waals surface area contributed by atoms with Gasteiger partial charge in [0.1, 0.15) is 0 Å². The summed E-state index contributed by atoms with van der Waals surface area (Å²) in [6.07, 6.45) is 18.1. The molecular weight excluding hydrogens is 436 g/mol. The standard InChI is InChI=1S/C25H36N4O3S/c1-2-3-4-5-6-7-8-9-10-11-12-16-22(33-18-17-23-26-28-29-27-23)24(30)20-14-13-15-21(19-20)25(31)32/h10-16,19,22,24,30H,2-9,17-18H2,1H3,(H,31,32)(H,26,27,28,29)/b11-10+,16-12+/t22-,24+/m1/s1. The van der Waals surface area contributed by atoms with Gasteiger partial charge in [-0.15, -0.1) is 10.2 Å². The largest absolute Gasteiger partial charge is 0.478 e. The lowest BCUT2D eigenvalue weighted by Crippen LogP contribution is -2.14. The lowest BCUT2D eigenvalue weighted by Gasteiger charge is -2.20. The Morgan fingerprint density at radius 1 is 1.15 bits per heavy atom. The van der Waals surface area contributed by atoms with Crippen LogP contribution >= 0.6 is 11.8 Å². The average molecular weight is 473 g/mol. The highest BCUT2D eigenvalue weighted by Gasteiger charge is 2.20. The summed E-state index contributed by atoms with van der Waals surface area (Å²) in [5.74, 6) is 0.322. The van der Waals surface area contributed by atoms with Crippen molar-refractivity contribution in [3.05, 3.63) is 65.5 Å². The van der Waals surface area contributed by atoms with Crippen molar-refractivity contribution in [2.24, 2.45) is 0 Å². The first-order valence-corrected chi connectivity index (χ1v) is 12.8. The fourth-order valence-electron chi connectivity index (χ4n) is 3.44. The average Bonchev–Trinajstić information content (AvgIpc) is 3.34. The molecule has 1 aromatic carbocycles. The van der Waals surface area contributed by atoms with E-state index in [-0.39, 0.29) is 10.8 Å². The van der Waals surface area contributed by atoms with E-state index in [0.717, 1.165) is 6.42 Å². The number of aryl methyl sites for hydroxylation is 1. The Labute approximate surface area is 200 Å². The highest BCUT2D eigenvalue weighted by Crippen LogP contribution is 2.29. The summed E-state index contributed by atoms with van der Waals surface area (Å²) in [5, 5.41) is 33.9. The molecule has 1 aromatic heterocycles. The molecule has 180 valence electrons. The van der Waals surface area contributed by atoms with E-state index in [1.54, 1.807) is 23.9 Å². The van der Waals surface area contributed by atoms with Crippen molar-refractivity contribution in [1.82, 2.24) is 20.6 Å². The summed E-state index contributed by atoms with van der Waals surface area (Å²) < 4.78 is 0. The number of rotatable bonds is 17. The number of hydrogen-bond donors (Lipinski definition) is 3. The maximum absolute atomic E-state index is 11.3. The van der Waals surface area contributed by atoms with E-state index in [4.69, 9.17) is 0 Å². The van der Waals surface area contributed by atoms with Crippen LogP contribution in [0.4, 0.5) is 0 Å². The Kier molecular flexibility index (Phi) is 13.2. The van der Waals surface area contributed by atoms with Gasteiger partial charge < -0.3 is 10.2 Å². The van der Waals surface area contributed by atoms with E-state index in [0.29, 0.717) is 23.6 Å². The second-order valence-electron chi connectivity index (χ2n) is 8.01. The predicted octanol–water partition coefficient (Wildman–Crippen LogP) is 5.53. The van der Waals surface area contributed by atoms with Crippen molar-refractivity contribution in [3.63, 3.8) is 0 Å². The molecule has 7 nitrogen and oxygen atoms in total. The molecule has 0 unspecified atom stereocenters. The third kappa shape index (κ3) is 10.8. The molecule has 0 aliphatic heterocycles. The van der Waals surface area contributed by atoms with E-state index in [1.807, 2.05) is 18.2 Å². The van der Waals surface area contributed by atoms with Gasteiger partial charge in [0.15, 0.2) is 5.82 Å². The molecule has 3 N–H and O–H groups in total. The maximum atomic E-state index is 11.3. The molecule has 0 amide bonds. The molecule has 0 aliphatic rings. The monoisotopic (exact) mass is 472 g/mol. The summed E-state index contributed by atoms with van der Waals surface area (Å²) in [6.45, 7) is 2.24. The van der Waals surface area contributed by atoms with Crippen LogP contribution in [0.15, 0.2) is 48.6 Å². The van der Waals surface area contributed by atoms with Gasteiger partial charge in [-0.3, -0.25) is 0 Å². The number of nitrogens with zero attached hydrogens (tertiary/aromatic N) is 3. The van der Waals surface area contributed by atoms with Gasteiger partial charge in [-0.2, -0.15) is 17.0 Å². The minimum atomic E-state index is -1.01. The van der Waals surface area contributed by atoms with Crippen molar-refractivity contribution >= 4 is 17.7 Å². The van der Waals surface area contributed by atoms with Gasteiger partial charge >= 0.3 is 5.97 Å². The Morgan fingerprint density at radius 3 is 2.67 bits per heavy atom. The van der Waals surface area contributed by atoms with E-state index in [1.165, 1.54) is 57.1 Å². The van der Waals surface area contributed by atoms with Crippen LogP contribution in [0.25, 0.3) is 0 Å². The van der Waals surface area contributed by atoms with Gasteiger partial charge in [-0.1, -0.05) is 87.1 Å². The molecule has 0 fully saturated rings. The number of benzene rings is 1. The first-order valence-electron chi connectivity index (χ1n) is 11.8. The van der Waals surface area contributed by atoms with Crippen molar-refractivity contribution in [2.75, 3.05) is 5.75 Å². The predicted molar refractivity (Wildman–Crippen MR) is 133 cm³/mol. The van der Waals surface area contributed by atoms with Crippen LogP contribution in [0.3, 0.4) is 0 Å². The van der Waals surface area contributed by atoms with Crippen molar-refractivity contribution in [2.45, 2.75) is 76.1 Å². The fourth-order valence-corrected chi connectivity index (χ4v) is 4.55. The van der Waals surface area contributed by atoms with E-state index in [2.05, 4.69) is 33.6 Å². The number of carbonyl (C=O) groups is 1. The number of tetrazole rings is 1. The molecule has 8 heteroatoms. The minimum Gasteiger partial charge on any atom is -0.478 e. The number of carboxylic acids is 1. The molecule has 1 heterocycles. The fraction of sp³-hybridized carbons (Fsp3) is 0.520. The normalized spacial score (nSPS) is 13.6. The number of unbranched alkanes of at least 4 members (excludes halogenated alkanes) is 7. The van der Waals surface area contributed by atoms with Gasteiger partial charge in [0.05, 0.1) is 16.9 Å². The molecule has 0 aliphatic carbocycles. The first kappa shape index (κ1) is 26.8. The summed E-state index contributed by atoms with van der Waals surface area (Å²) >= 11 is 1.58. The number of aromatic amines is 1. The number of aromatic nitrogens is 4. The molecule has 0 bridgehead atoms. The van der Waals surface area contributed by atoms with Crippen LogP contribution in [-0.4, -0.2) is 47.8 Å². The quantitative estimate of drug-likeness (QED) is 0.205. The first-order chi connectivity index (χ1) is 16.1. The SMILES string of the molecule is CCCCCCCCC/C=C/C=C/[C@@H](SCCc1nn[nH]n1)[C@@H](O)c1cccc(C(=O)O)c1. The van der Waals surface area contributed by atoms with Crippen LogP contribution in [0.2, 0.25) is 0 Å². The van der Waals surface area contributed by atoms with Crippen LogP contribution in [-0.2, 0) is 6.42 Å². The second kappa shape index (κ2) is 16.2. The number of carboxylic acid groups (broad SMARTS) is 1. The molecular formula is C25H36N4O3S. The molecule has 2 rings (SSSR count). The smallest absolute Gasteiger partial charge is 0.335 e. The summed E-state index contributed by atoms with van der Waals surface area (Å²) in [4.78, 5) is 11.3. The van der Waals surface area contributed by atoms with Gasteiger partial charge in [0.25, 0.3) is 0 Å². The van der Waals surface area contributed by atoms with Crippen LogP contribution in [0.1, 0.15) is 86.1 Å². The number of allylic oxidation sites excluding steroid dienone is 3. The summed E-state index contributed by atoms with van der Waals surface area (Å²) in [5.41, 5.74) is 0.754. The van der Waals surface area contributed by atoms with Crippen LogP contribution in [0, 0.1) is 0 Å². The Bertz CT molecular complexity index is 855. The highest BCUT2D eigenvalue weighted by atomic mass is 32.2. The molecule has 2 atom stereocenters. The molecule has 0 spiro atoms. The van der Waals surface area contributed by atoms with E-state index >= 15 is 0 Å². The molecule has 33 heavy (non-hydrogen) atoms. The van der Waals surface area contributed by atoms with E-state index in [9.17, 15) is 15.0 Å². The number of hydrogen-bond acceptors (Lipinski definition) is 6. The zero-order valence-corrected chi connectivity index (χ0v) is 20.2. The van der Waals surface area contributed by atoms with Crippen molar-refractivity contribution in [1.29, 1.82) is 0 Å². The zero-order valence-electron chi connectivity index (χ0n) is 19.4. The molecule has 0 radical (unpaired) electrons. The number of thioether (sulfide) groups is 1. The van der Waals surface area contributed by atoms with Crippen molar-refractivity contribution in [3.8, 4) is 0 Å². The number of nitrogens with one attached hydrogen (secondary N) is 1. The van der Waals surface area contributed by atoms with Gasteiger partial charge in [-0.25, -0.2) is 4.79 Å². The molecule has 0 saturated carbocycles. The third-order valence-electron chi connectivity index (χ3n) is 5.33. The van der Waals surface area contributed by atoms with Gasteiger partial charge in [0, 0.05) is 12.2 Å². The van der Waals surface area contributed by atoms with Crippen molar-refractivity contribution < 1.29 is 15.0 Å². The zero-order chi connectivity index (χ0) is 23.7. The third-order valence-corrected chi connectivity index (χ3v) is 6.57. The number of H-pyrrole nitrogens is 1. The Hall–Kier alpha value is -2.45. The molecule has 0 saturated heterocycles. The second-order valence-corrected chi connectivity index (χ2v) is 9.30. The van der Waals surface area contributed by atoms with E-state index < -0.39 is 12.1 Å². The van der Waals surface area contributed by atoms with Crippen LogP contribution in [0.5, 0.6) is 0 Å². The summed E-state index contributed by atoms with van der Waals surface area (Å²) in [7, 11) is 0. The van der Waals surface area contributed by atoms with Gasteiger partial charge in [-0.05, 0) is 30.5 Å². The molecule has 2 aromatic rings. The summed E-state index contributed by atoms with van der Waals surface area (Å²) in [6, 6.07) is 6.48. The van der Waals surface area contributed by atoms with Crippen LogP contribution < -0.4 is 0 Å². The lowest BCUT2D eigenvalue weighted by molar-refractivity contribution is 0.0696. The maximum Gasteiger partial charge on any atom is 0.335 e. The van der Waals surface area contributed by atoms with Gasteiger partial charge in [0.2, 0.25) is 0 Å². The lowest BCUT2D eigenvalue weighted by atomic mass is 10.0. The Balaban J connectivity index is 1.88. The number of aliphatic hydroxyl groups excluding tert-OH is 1. The topological polar surface area (TPSA) is 112 Å². The minimum absolute atomic E-state index is 0.167. The Morgan fingerprint density at radius 2 is 1.94 bits per heavy atom. The highest BCUT2D eigenvalue weighted by molar-refractivity contribution is 8.00. The number of aliphatic hydroxyl groups is 1.